The summed E-state index contributed by atoms with van der Waals surface area (Å²) in [6.07, 6.45) is 1.35. The highest BCUT2D eigenvalue weighted by atomic mass is 32.2. The third-order valence-corrected chi connectivity index (χ3v) is 8.09. The van der Waals surface area contributed by atoms with Gasteiger partial charge in [-0.05, 0) is 18.2 Å². The van der Waals surface area contributed by atoms with E-state index in [0.29, 0.717) is 29.5 Å². The molecule has 0 unspecified atom stereocenters. The molecule has 1 amide bonds. The normalized spacial score (nSPS) is 15.6. The second-order valence-electron chi connectivity index (χ2n) is 6.05. The minimum absolute atomic E-state index is 0.0931. The first-order valence-corrected chi connectivity index (χ1v) is 11.9. The summed E-state index contributed by atoms with van der Waals surface area (Å²) in [5.41, 5.74) is 0.833. The average Bonchev–Trinajstić information content (AvgIpc) is 3.35. The Hall–Kier alpha value is -2.08. The molecule has 0 bridgehead atoms. The smallest absolute Gasteiger partial charge is 0.273 e. The van der Waals surface area contributed by atoms with Crippen LogP contribution in [0.4, 0.5) is 5.13 Å². The number of rotatable bonds is 5. The number of nitrogens with zero attached hydrogens (tertiary/aromatic N) is 2. The van der Waals surface area contributed by atoms with E-state index in [1.54, 1.807) is 24.9 Å². The lowest BCUT2D eigenvalue weighted by molar-refractivity contribution is 0.102. The van der Waals surface area contributed by atoms with E-state index < -0.39 is 15.9 Å². The molecule has 1 aromatic carbocycles. The highest BCUT2D eigenvalue weighted by molar-refractivity contribution is 7.99. The van der Waals surface area contributed by atoms with E-state index >= 15 is 0 Å². The van der Waals surface area contributed by atoms with Gasteiger partial charge in [0.05, 0.1) is 11.8 Å². The van der Waals surface area contributed by atoms with Gasteiger partial charge in [0.15, 0.2) is 5.13 Å². The number of sulfonamides is 1. The number of thioether (sulfide) groups is 1. The number of H-pyrrole nitrogens is 1. The number of para-hydroxylation sites is 1. The Bertz CT molecular complexity index is 1120. The number of hydrogen-bond donors (Lipinski definition) is 2. The Kier molecular flexibility index (Phi) is 5.32. The zero-order valence-corrected chi connectivity index (χ0v) is 17.4. The first-order chi connectivity index (χ1) is 13.5. The van der Waals surface area contributed by atoms with E-state index in [1.165, 1.54) is 27.9 Å². The van der Waals surface area contributed by atoms with Crippen molar-refractivity contribution in [2.24, 2.45) is 0 Å². The van der Waals surface area contributed by atoms with E-state index in [-0.39, 0.29) is 10.6 Å². The molecule has 0 aliphatic carbocycles. The summed E-state index contributed by atoms with van der Waals surface area (Å²) in [7, 11) is -2.03. The summed E-state index contributed by atoms with van der Waals surface area (Å²) in [5.74, 6) is 1.73. The second-order valence-corrected chi connectivity index (χ2v) is 10.2. The van der Waals surface area contributed by atoms with Gasteiger partial charge in [0.25, 0.3) is 5.91 Å². The Morgan fingerprint density at radius 3 is 2.86 bits per heavy atom. The molecule has 148 valence electrons. The van der Waals surface area contributed by atoms with Crippen LogP contribution in [-0.2, 0) is 10.0 Å². The van der Waals surface area contributed by atoms with Gasteiger partial charge >= 0.3 is 0 Å². The lowest BCUT2D eigenvalue weighted by Crippen LogP contribution is -2.37. The SMILES string of the molecule is COc1cccc2sc(NC(=O)c3cc(S(=O)(=O)N4CCSCC4)c[nH]3)nc12. The second kappa shape index (κ2) is 7.74. The van der Waals surface area contributed by atoms with Crippen molar-refractivity contribution in [1.82, 2.24) is 14.3 Å². The average molecular weight is 439 g/mol. The van der Waals surface area contributed by atoms with E-state index in [1.807, 2.05) is 12.1 Å². The van der Waals surface area contributed by atoms with Crippen molar-refractivity contribution in [2.75, 3.05) is 37.0 Å². The van der Waals surface area contributed by atoms with E-state index in [4.69, 9.17) is 4.74 Å². The van der Waals surface area contributed by atoms with Crippen molar-refractivity contribution < 1.29 is 17.9 Å². The van der Waals surface area contributed by atoms with Gasteiger partial charge in [-0.15, -0.1) is 0 Å². The van der Waals surface area contributed by atoms with E-state index in [0.717, 1.165) is 16.2 Å². The Balaban J connectivity index is 1.53. The van der Waals surface area contributed by atoms with Gasteiger partial charge in [-0.3, -0.25) is 10.1 Å². The van der Waals surface area contributed by atoms with Crippen LogP contribution in [0, 0.1) is 0 Å². The third-order valence-electron chi connectivity index (χ3n) is 4.33. The largest absolute Gasteiger partial charge is 0.494 e. The molecule has 1 aliphatic heterocycles. The molecule has 1 saturated heterocycles. The topological polar surface area (TPSA) is 104 Å². The highest BCUT2D eigenvalue weighted by Crippen LogP contribution is 2.32. The highest BCUT2D eigenvalue weighted by Gasteiger charge is 2.28. The lowest BCUT2D eigenvalue weighted by atomic mass is 10.3. The van der Waals surface area contributed by atoms with Crippen molar-refractivity contribution in [3.8, 4) is 5.75 Å². The number of aromatic amines is 1. The summed E-state index contributed by atoms with van der Waals surface area (Å²) < 4.78 is 33.0. The van der Waals surface area contributed by atoms with Gasteiger partial charge in [-0.2, -0.15) is 16.1 Å². The van der Waals surface area contributed by atoms with Gasteiger partial charge in [0, 0.05) is 30.8 Å². The Labute approximate surface area is 170 Å². The Morgan fingerprint density at radius 2 is 2.11 bits per heavy atom. The molecule has 1 aliphatic rings. The van der Waals surface area contributed by atoms with Crippen molar-refractivity contribution in [3.05, 3.63) is 36.2 Å². The number of amides is 1. The van der Waals surface area contributed by atoms with Crippen molar-refractivity contribution >= 4 is 54.4 Å². The van der Waals surface area contributed by atoms with Gasteiger partial charge in [0.2, 0.25) is 10.0 Å². The number of fused-ring (bicyclic) bond motifs is 1. The van der Waals surface area contributed by atoms with Crippen LogP contribution in [-0.4, -0.2) is 60.3 Å². The number of benzene rings is 1. The number of ether oxygens (including phenoxy) is 1. The van der Waals surface area contributed by atoms with Crippen LogP contribution in [0.15, 0.2) is 35.4 Å². The predicted molar refractivity (Wildman–Crippen MR) is 111 cm³/mol. The molecular formula is C17H18N4O4S3. The summed E-state index contributed by atoms with van der Waals surface area (Å²) in [5, 5.41) is 3.13. The number of carbonyl (C=O) groups is 1. The first-order valence-electron chi connectivity index (χ1n) is 8.50. The Morgan fingerprint density at radius 1 is 1.32 bits per heavy atom. The minimum Gasteiger partial charge on any atom is -0.494 e. The van der Waals surface area contributed by atoms with E-state index in [2.05, 4.69) is 15.3 Å². The van der Waals surface area contributed by atoms with Crippen molar-refractivity contribution in [3.63, 3.8) is 0 Å². The molecule has 2 N–H and O–H groups in total. The maximum absolute atomic E-state index is 12.7. The zero-order chi connectivity index (χ0) is 19.7. The molecule has 11 heteroatoms. The van der Waals surface area contributed by atoms with Crippen LogP contribution in [0.2, 0.25) is 0 Å². The van der Waals surface area contributed by atoms with Crippen molar-refractivity contribution in [1.29, 1.82) is 0 Å². The minimum atomic E-state index is -3.60. The molecule has 0 radical (unpaired) electrons. The maximum Gasteiger partial charge on any atom is 0.273 e. The fourth-order valence-corrected chi connectivity index (χ4v) is 6.35. The number of hydrogen-bond acceptors (Lipinski definition) is 7. The van der Waals surface area contributed by atoms with Crippen molar-refractivity contribution in [2.45, 2.75) is 4.90 Å². The number of nitrogens with one attached hydrogen (secondary N) is 2. The van der Waals surface area contributed by atoms with Crippen LogP contribution in [0.3, 0.4) is 0 Å². The quantitative estimate of drug-likeness (QED) is 0.635. The molecule has 8 nitrogen and oxygen atoms in total. The number of carbonyl (C=O) groups excluding carboxylic acids is 1. The van der Waals surface area contributed by atoms with Crippen LogP contribution >= 0.6 is 23.1 Å². The van der Waals surface area contributed by atoms with E-state index in [9.17, 15) is 13.2 Å². The molecule has 0 spiro atoms. The van der Waals surface area contributed by atoms with Crippen LogP contribution in [0.25, 0.3) is 10.2 Å². The first kappa shape index (κ1) is 19.2. The number of anilines is 1. The summed E-state index contributed by atoms with van der Waals surface area (Å²) in [6.45, 7) is 0.959. The number of methoxy groups -OCH3 is 1. The predicted octanol–water partition coefficient (Wildman–Crippen LogP) is 2.62. The molecule has 0 saturated carbocycles. The summed E-state index contributed by atoms with van der Waals surface area (Å²) in [6, 6.07) is 6.91. The molecule has 28 heavy (non-hydrogen) atoms. The monoisotopic (exact) mass is 438 g/mol. The van der Waals surface area contributed by atoms with Gasteiger partial charge in [0.1, 0.15) is 21.9 Å². The number of thiazole rings is 1. The summed E-state index contributed by atoms with van der Waals surface area (Å²) in [4.78, 5) is 19.8. The molecular weight excluding hydrogens is 420 g/mol. The van der Waals surface area contributed by atoms with Gasteiger partial charge in [-0.1, -0.05) is 17.4 Å². The van der Waals surface area contributed by atoms with Crippen LogP contribution in [0.5, 0.6) is 5.75 Å². The number of aromatic nitrogens is 2. The maximum atomic E-state index is 12.7. The molecule has 3 aromatic rings. The fourth-order valence-electron chi connectivity index (χ4n) is 2.90. The van der Waals surface area contributed by atoms with Gasteiger partial charge in [-0.25, -0.2) is 13.4 Å². The molecule has 4 rings (SSSR count). The summed E-state index contributed by atoms with van der Waals surface area (Å²) >= 11 is 3.05. The fraction of sp³-hybridized carbons (Fsp3) is 0.294. The molecule has 3 heterocycles. The van der Waals surface area contributed by atoms with Gasteiger partial charge < -0.3 is 9.72 Å². The lowest BCUT2D eigenvalue weighted by Gasteiger charge is -2.24. The standard InChI is InChI=1S/C17H18N4O4S3/c1-25-13-3-2-4-14-15(13)19-17(27-14)20-16(22)12-9-11(10-18-12)28(23,24)21-5-7-26-8-6-21/h2-4,9-10,18H,5-8H2,1H3,(H,19,20,22). The zero-order valence-electron chi connectivity index (χ0n) is 15.0. The molecule has 1 fully saturated rings. The molecule has 2 aromatic heterocycles. The molecule has 0 atom stereocenters. The van der Waals surface area contributed by atoms with Crippen LogP contribution in [0.1, 0.15) is 10.5 Å². The third kappa shape index (κ3) is 3.62. The van der Waals surface area contributed by atoms with Crippen LogP contribution < -0.4 is 10.1 Å².